The number of nitrogens with zero attached hydrogens (tertiary/aromatic N) is 1. The molecule has 1 saturated heterocycles. The van der Waals surface area contributed by atoms with E-state index in [0.29, 0.717) is 30.2 Å². The summed E-state index contributed by atoms with van der Waals surface area (Å²) in [5.41, 5.74) is 6.76. The smallest absolute Gasteiger partial charge is 0.254 e. The predicted octanol–water partition coefficient (Wildman–Crippen LogP) is 0.499. The van der Waals surface area contributed by atoms with Crippen molar-refractivity contribution in [2.24, 2.45) is 0 Å². The van der Waals surface area contributed by atoms with Gasteiger partial charge in [-0.1, -0.05) is 0 Å². The number of nitrogen functional groups attached to an aromatic ring is 1. The van der Waals surface area contributed by atoms with Crippen molar-refractivity contribution in [3.05, 3.63) is 23.8 Å². The number of carbonyl (C=O) groups excluding carboxylic acids is 1. The van der Waals surface area contributed by atoms with Crippen molar-refractivity contribution in [2.75, 3.05) is 32.6 Å². The summed E-state index contributed by atoms with van der Waals surface area (Å²) in [5.74, 6) is 0.429. The topological polar surface area (TPSA) is 85.0 Å². The van der Waals surface area contributed by atoms with E-state index in [-0.39, 0.29) is 24.7 Å². The molecule has 1 aromatic rings. The highest BCUT2D eigenvalue weighted by Crippen LogP contribution is 2.24. The number of amides is 1. The molecule has 2 unspecified atom stereocenters. The lowest BCUT2D eigenvalue weighted by molar-refractivity contribution is -0.0667. The molecular weight excluding hydrogens is 260 g/mol. The Morgan fingerprint density at radius 1 is 1.60 bits per heavy atom. The third kappa shape index (κ3) is 2.86. The molecule has 1 aliphatic heterocycles. The fraction of sp³-hybridized carbons (Fsp3) is 0.500. The van der Waals surface area contributed by atoms with Crippen LogP contribution in [-0.4, -0.2) is 54.9 Å². The van der Waals surface area contributed by atoms with Crippen LogP contribution in [0.1, 0.15) is 17.3 Å². The number of anilines is 1. The number of carbonyl (C=O) groups is 1. The zero-order valence-corrected chi connectivity index (χ0v) is 11.7. The Morgan fingerprint density at radius 2 is 2.35 bits per heavy atom. The fourth-order valence-electron chi connectivity index (χ4n) is 2.24. The highest BCUT2D eigenvalue weighted by Gasteiger charge is 2.30. The molecule has 0 saturated carbocycles. The third-order valence-corrected chi connectivity index (χ3v) is 3.45. The Morgan fingerprint density at radius 3 is 2.95 bits per heavy atom. The van der Waals surface area contributed by atoms with Crippen LogP contribution in [0.3, 0.4) is 0 Å². The van der Waals surface area contributed by atoms with Crippen LogP contribution in [0, 0.1) is 0 Å². The Balaban J connectivity index is 2.19. The van der Waals surface area contributed by atoms with Gasteiger partial charge in [0, 0.05) is 12.1 Å². The van der Waals surface area contributed by atoms with Gasteiger partial charge in [-0.25, -0.2) is 0 Å². The van der Waals surface area contributed by atoms with Crippen molar-refractivity contribution in [3.8, 4) is 5.75 Å². The molecule has 6 heteroatoms. The summed E-state index contributed by atoms with van der Waals surface area (Å²) in [6.07, 6.45) is -0.328. The Hall–Kier alpha value is -1.79. The summed E-state index contributed by atoms with van der Waals surface area (Å²) in [6.45, 7) is 2.62. The maximum atomic E-state index is 12.5. The second-order valence-electron chi connectivity index (χ2n) is 4.90. The maximum Gasteiger partial charge on any atom is 0.254 e. The summed E-state index contributed by atoms with van der Waals surface area (Å²) in [4.78, 5) is 14.2. The summed E-state index contributed by atoms with van der Waals surface area (Å²) in [5, 5.41) is 9.16. The number of benzene rings is 1. The van der Waals surface area contributed by atoms with Crippen molar-refractivity contribution < 1.29 is 19.4 Å². The minimum absolute atomic E-state index is 0.0337. The Labute approximate surface area is 118 Å². The van der Waals surface area contributed by atoms with Gasteiger partial charge in [0.1, 0.15) is 5.75 Å². The minimum atomic E-state index is -0.328. The fourth-order valence-corrected chi connectivity index (χ4v) is 2.24. The van der Waals surface area contributed by atoms with Crippen LogP contribution >= 0.6 is 0 Å². The van der Waals surface area contributed by atoms with Crippen LogP contribution in [0.15, 0.2) is 18.2 Å². The van der Waals surface area contributed by atoms with Gasteiger partial charge < -0.3 is 25.2 Å². The summed E-state index contributed by atoms with van der Waals surface area (Å²) in [7, 11) is 1.53. The van der Waals surface area contributed by atoms with Crippen molar-refractivity contribution in [2.45, 2.75) is 19.1 Å². The van der Waals surface area contributed by atoms with E-state index in [9.17, 15) is 4.79 Å². The number of rotatable bonds is 3. The number of morpholine rings is 1. The average molecular weight is 280 g/mol. The monoisotopic (exact) mass is 280 g/mol. The minimum Gasteiger partial charge on any atom is -0.495 e. The van der Waals surface area contributed by atoms with E-state index in [4.69, 9.17) is 20.3 Å². The van der Waals surface area contributed by atoms with E-state index < -0.39 is 0 Å². The molecular formula is C14H20N2O4. The van der Waals surface area contributed by atoms with E-state index in [1.54, 1.807) is 23.1 Å². The number of aliphatic hydroxyl groups excluding tert-OH is 1. The van der Waals surface area contributed by atoms with Gasteiger partial charge in [0.25, 0.3) is 5.91 Å². The molecule has 6 nitrogen and oxygen atoms in total. The third-order valence-electron chi connectivity index (χ3n) is 3.45. The van der Waals surface area contributed by atoms with E-state index in [2.05, 4.69) is 0 Å². The van der Waals surface area contributed by atoms with Crippen molar-refractivity contribution in [1.82, 2.24) is 4.90 Å². The first kappa shape index (κ1) is 14.6. The highest BCUT2D eigenvalue weighted by molar-refractivity contribution is 5.95. The molecule has 0 bridgehead atoms. The molecule has 2 rings (SSSR count). The molecule has 1 heterocycles. The van der Waals surface area contributed by atoms with Crippen LogP contribution in [0.2, 0.25) is 0 Å². The normalized spacial score (nSPS) is 22.6. The van der Waals surface area contributed by atoms with Crippen LogP contribution in [0.25, 0.3) is 0 Å². The molecule has 0 aliphatic carbocycles. The summed E-state index contributed by atoms with van der Waals surface area (Å²) >= 11 is 0. The van der Waals surface area contributed by atoms with Gasteiger partial charge in [0.05, 0.1) is 38.2 Å². The lowest BCUT2D eigenvalue weighted by atomic mass is 10.1. The van der Waals surface area contributed by atoms with Gasteiger partial charge in [-0.3, -0.25) is 4.79 Å². The lowest BCUT2D eigenvalue weighted by Crippen LogP contribution is -2.52. The molecule has 0 spiro atoms. The molecule has 20 heavy (non-hydrogen) atoms. The Kier molecular flexibility index (Phi) is 4.46. The zero-order chi connectivity index (χ0) is 14.7. The first-order valence-electron chi connectivity index (χ1n) is 6.53. The van der Waals surface area contributed by atoms with Crippen LogP contribution < -0.4 is 10.5 Å². The number of nitrogens with two attached hydrogens (primary N) is 1. The largest absolute Gasteiger partial charge is 0.495 e. The summed E-state index contributed by atoms with van der Waals surface area (Å²) < 4.78 is 10.5. The van der Waals surface area contributed by atoms with Crippen molar-refractivity contribution >= 4 is 11.6 Å². The molecule has 1 fully saturated rings. The van der Waals surface area contributed by atoms with Gasteiger partial charge in [-0.15, -0.1) is 0 Å². The predicted molar refractivity (Wildman–Crippen MR) is 74.7 cm³/mol. The van der Waals surface area contributed by atoms with E-state index in [0.717, 1.165) is 0 Å². The van der Waals surface area contributed by atoms with Crippen molar-refractivity contribution in [3.63, 3.8) is 0 Å². The zero-order valence-electron chi connectivity index (χ0n) is 11.7. The van der Waals surface area contributed by atoms with Crippen LogP contribution in [0.4, 0.5) is 5.69 Å². The number of methoxy groups -OCH3 is 1. The molecule has 0 radical (unpaired) electrons. The van der Waals surface area contributed by atoms with Crippen LogP contribution in [0.5, 0.6) is 5.75 Å². The highest BCUT2D eigenvalue weighted by atomic mass is 16.5. The van der Waals surface area contributed by atoms with E-state index in [1.807, 2.05) is 6.92 Å². The SMILES string of the molecule is COc1ccc(C(=O)N2CC(CO)OCC2C)cc1N. The standard InChI is InChI=1S/C14H20N2O4/c1-9-8-20-11(7-17)6-16(9)14(18)10-3-4-13(19-2)12(15)5-10/h3-5,9,11,17H,6-8,15H2,1-2H3. The first-order valence-corrected chi connectivity index (χ1v) is 6.53. The second-order valence-corrected chi connectivity index (χ2v) is 4.90. The lowest BCUT2D eigenvalue weighted by Gasteiger charge is -2.37. The Bertz CT molecular complexity index is 492. The van der Waals surface area contributed by atoms with Gasteiger partial charge in [-0.05, 0) is 25.1 Å². The molecule has 110 valence electrons. The number of hydrogen-bond acceptors (Lipinski definition) is 5. The number of aliphatic hydroxyl groups is 1. The van der Waals surface area contributed by atoms with E-state index >= 15 is 0 Å². The van der Waals surface area contributed by atoms with Gasteiger partial charge in [0.2, 0.25) is 0 Å². The maximum absolute atomic E-state index is 12.5. The molecule has 1 amide bonds. The molecule has 1 aromatic carbocycles. The van der Waals surface area contributed by atoms with Gasteiger partial charge in [0.15, 0.2) is 0 Å². The van der Waals surface area contributed by atoms with Crippen molar-refractivity contribution in [1.29, 1.82) is 0 Å². The molecule has 2 atom stereocenters. The van der Waals surface area contributed by atoms with E-state index in [1.165, 1.54) is 7.11 Å². The second kappa shape index (κ2) is 6.11. The quantitative estimate of drug-likeness (QED) is 0.788. The van der Waals surface area contributed by atoms with Gasteiger partial charge >= 0.3 is 0 Å². The number of hydrogen-bond donors (Lipinski definition) is 2. The molecule has 3 N–H and O–H groups in total. The first-order chi connectivity index (χ1) is 9.56. The van der Waals surface area contributed by atoms with Crippen LogP contribution in [-0.2, 0) is 4.74 Å². The average Bonchev–Trinajstić information content (AvgIpc) is 2.47. The van der Waals surface area contributed by atoms with Gasteiger partial charge in [-0.2, -0.15) is 0 Å². The summed E-state index contributed by atoms with van der Waals surface area (Å²) in [6, 6.07) is 4.94. The molecule has 0 aromatic heterocycles. The number of ether oxygens (including phenoxy) is 2. The molecule has 1 aliphatic rings.